The van der Waals surface area contributed by atoms with Gasteiger partial charge in [-0.2, -0.15) is 0 Å². The third-order valence-corrected chi connectivity index (χ3v) is 5.75. The third-order valence-electron chi connectivity index (χ3n) is 5.75. The molecule has 0 unspecified atom stereocenters. The Morgan fingerprint density at radius 1 is 0.919 bits per heavy atom. The Balaban J connectivity index is 1.52. The molecular formula is C30H35NO6. The number of carbonyl (C=O) groups is 2. The lowest BCUT2D eigenvalue weighted by atomic mass is 9.87. The first-order chi connectivity index (χ1) is 17.6. The van der Waals surface area contributed by atoms with E-state index in [9.17, 15) is 14.7 Å². The minimum atomic E-state index is -0.189. The van der Waals surface area contributed by atoms with Crippen molar-refractivity contribution in [2.24, 2.45) is 5.41 Å². The van der Waals surface area contributed by atoms with Gasteiger partial charge in [0, 0.05) is 23.7 Å². The smallest absolute Gasteiger partial charge is 0.211 e. The fraction of sp³-hybridized carbons (Fsp3) is 0.367. The van der Waals surface area contributed by atoms with Gasteiger partial charge in [0.15, 0.2) is 17.3 Å². The van der Waals surface area contributed by atoms with Crippen molar-refractivity contribution in [1.29, 1.82) is 0 Å². The molecule has 0 aliphatic rings. The van der Waals surface area contributed by atoms with Crippen LogP contribution in [0.4, 0.5) is 0 Å². The number of pyridine rings is 1. The van der Waals surface area contributed by atoms with E-state index in [0.29, 0.717) is 72.1 Å². The second-order valence-electron chi connectivity index (χ2n) is 10.1. The predicted molar refractivity (Wildman–Crippen MR) is 142 cm³/mol. The van der Waals surface area contributed by atoms with E-state index in [1.54, 1.807) is 68.8 Å². The van der Waals surface area contributed by atoms with Gasteiger partial charge in [0.25, 0.3) is 0 Å². The number of ketones is 2. The van der Waals surface area contributed by atoms with Gasteiger partial charge in [-0.25, -0.2) is 0 Å². The Hall–Kier alpha value is -3.87. The van der Waals surface area contributed by atoms with Crippen LogP contribution in [0.1, 0.15) is 72.0 Å². The molecule has 3 rings (SSSR count). The van der Waals surface area contributed by atoms with Crippen LogP contribution < -0.4 is 14.2 Å². The first kappa shape index (κ1) is 27.7. The average molecular weight is 506 g/mol. The first-order valence-electron chi connectivity index (χ1n) is 12.4. The monoisotopic (exact) mass is 505 g/mol. The quantitative estimate of drug-likeness (QED) is 0.232. The minimum absolute atomic E-state index is 0.0256. The molecule has 0 radical (unpaired) electrons. The molecule has 0 saturated heterocycles. The highest BCUT2D eigenvalue weighted by molar-refractivity contribution is 6.08. The molecule has 1 N–H and O–H groups in total. The molecule has 0 aliphatic carbocycles. The molecule has 1 aromatic heterocycles. The van der Waals surface area contributed by atoms with E-state index in [4.69, 9.17) is 14.2 Å². The van der Waals surface area contributed by atoms with Crippen molar-refractivity contribution < 1.29 is 28.9 Å². The number of Topliss-reactive ketones (excluding diaryl/α,β-unsaturated/α-hetero) is 1. The van der Waals surface area contributed by atoms with Crippen LogP contribution in [0.5, 0.6) is 23.0 Å². The van der Waals surface area contributed by atoms with Crippen molar-refractivity contribution in [3.63, 3.8) is 0 Å². The van der Waals surface area contributed by atoms with E-state index >= 15 is 0 Å². The number of benzene rings is 2. The van der Waals surface area contributed by atoms with E-state index in [1.807, 2.05) is 20.8 Å². The molecule has 0 amide bonds. The molecule has 7 heteroatoms. The maximum atomic E-state index is 12.7. The van der Waals surface area contributed by atoms with Crippen LogP contribution in [0.25, 0.3) is 0 Å². The van der Waals surface area contributed by atoms with Gasteiger partial charge in [-0.05, 0) is 67.6 Å². The molecule has 196 valence electrons. The molecule has 2 aromatic carbocycles. The third kappa shape index (κ3) is 7.56. The molecular weight excluding hydrogens is 470 g/mol. The maximum Gasteiger partial charge on any atom is 0.211 e. The number of carbonyl (C=O) groups excluding carboxylic acids is 2. The number of unbranched alkanes of at least 4 members (excludes halogenated alkanes) is 1. The number of aromatic nitrogens is 1. The van der Waals surface area contributed by atoms with Crippen molar-refractivity contribution in [1.82, 2.24) is 4.98 Å². The van der Waals surface area contributed by atoms with Crippen LogP contribution in [0.15, 0.2) is 54.7 Å². The predicted octanol–water partition coefficient (Wildman–Crippen LogP) is 6.19. The zero-order valence-corrected chi connectivity index (χ0v) is 22.2. The molecule has 3 aromatic rings. The summed E-state index contributed by atoms with van der Waals surface area (Å²) in [6.07, 6.45) is 3.35. The Labute approximate surface area is 218 Å². The summed E-state index contributed by atoms with van der Waals surface area (Å²) in [7, 11) is 1.55. The van der Waals surface area contributed by atoms with E-state index in [-0.39, 0.29) is 22.7 Å². The Morgan fingerprint density at radius 2 is 1.59 bits per heavy atom. The standard InChI is InChI=1S/C30H35NO6/c1-20-25(14-12-22(28(20)33)24(32)19-30(2,3)4)36-16-8-9-17-37-27-18-21(11-13-26(27)35-5)29(34)23-10-6-7-15-31-23/h6-7,10-15,18,33H,8-9,16-17,19H2,1-5H3. The van der Waals surface area contributed by atoms with Crippen LogP contribution >= 0.6 is 0 Å². The lowest BCUT2D eigenvalue weighted by Gasteiger charge is -2.18. The molecule has 0 bridgehead atoms. The van der Waals surface area contributed by atoms with Crippen LogP contribution in [0.2, 0.25) is 0 Å². The fourth-order valence-corrected chi connectivity index (χ4v) is 3.78. The van der Waals surface area contributed by atoms with Gasteiger partial charge in [-0.15, -0.1) is 0 Å². The summed E-state index contributed by atoms with van der Waals surface area (Å²) < 4.78 is 17.1. The lowest BCUT2D eigenvalue weighted by molar-refractivity contribution is 0.0936. The summed E-state index contributed by atoms with van der Waals surface area (Å²) in [5.41, 5.74) is 1.55. The zero-order chi connectivity index (χ0) is 27.0. The van der Waals surface area contributed by atoms with Gasteiger partial charge >= 0.3 is 0 Å². The Morgan fingerprint density at radius 3 is 2.22 bits per heavy atom. The molecule has 0 saturated carbocycles. The highest BCUT2D eigenvalue weighted by Crippen LogP contribution is 2.33. The summed E-state index contributed by atoms with van der Waals surface area (Å²) in [6, 6.07) is 13.6. The van der Waals surface area contributed by atoms with Gasteiger partial charge < -0.3 is 19.3 Å². The number of phenols is 1. The van der Waals surface area contributed by atoms with Crippen LogP contribution in [0, 0.1) is 12.3 Å². The zero-order valence-electron chi connectivity index (χ0n) is 22.2. The molecule has 0 fully saturated rings. The van der Waals surface area contributed by atoms with E-state index in [2.05, 4.69) is 4.98 Å². The topological polar surface area (TPSA) is 95.0 Å². The summed E-state index contributed by atoms with van der Waals surface area (Å²) in [5.74, 6) is 1.28. The second-order valence-corrected chi connectivity index (χ2v) is 10.1. The van der Waals surface area contributed by atoms with Crippen molar-refractivity contribution in [3.05, 3.63) is 77.1 Å². The number of aromatic hydroxyl groups is 1. The van der Waals surface area contributed by atoms with Gasteiger partial charge in [0.2, 0.25) is 5.78 Å². The van der Waals surface area contributed by atoms with E-state index in [0.717, 1.165) is 0 Å². The van der Waals surface area contributed by atoms with Gasteiger partial charge in [0.1, 0.15) is 17.2 Å². The van der Waals surface area contributed by atoms with Gasteiger partial charge in [0.05, 0.1) is 25.9 Å². The van der Waals surface area contributed by atoms with Gasteiger partial charge in [-0.1, -0.05) is 26.8 Å². The molecule has 0 spiro atoms. The maximum absolute atomic E-state index is 12.7. The summed E-state index contributed by atoms with van der Waals surface area (Å²) >= 11 is 0. The molecule has 7 nitrogen and oxygen atoms in total. The highest BCUT2D eigenvalue weighted by atomic mass is 16.5. The molecule has 0 aliphatic heterocycles. The number of hydrogen-bond donors (Lipinski definition) is 1. The Kier molecular flexibility index (Phi) is 9.28. The fourth-order valence-electron chi connectivity index (χ4n) is 3.78. The number of nitrogens with zero attached hydrogens (tertiary/aromatic N) is 1. The number of rotatable bonds is 12. The van der Waals surface area contributed by atoms with Crippen molar-refractivity contribution in [2.45, 2.75) is 47.0 Å². The number of ether oxygens (including phenoxy) is 3. The average Bonchev–Trinajstić information content (AvgIpc) is 2.87. The van der Waals surface area contributed by atoms with Crippen LogP contribution in [-0.4, -0.2) is 42.0 Å². The van der Waals surface area contributed by atoms with Crippen molar-refractivity contribution in [2.75, 3.05) is 20.3 Å². The number of hydrogen-bond acceptors (Lipinski definition) is 7. The SMILES string of the molecule is COc1ccc(C(=O)c2ccccn2)cc1OCCCCOc1ccc(C(=O)CC(C)(C)C)c(O)c1C. The van der Waals surface area contributed by atoms with Crippen molar-refractivity contribution in [3.8, 4) is 23.0 Å². The Bertz CT molecular complexity index is 1230. The van der Waals surface area contributed by atoms with E-state index < -0.39 is 0 Å². The summed E-state index contributed by atoms with van der Waals surface area (Å²) in [4.78, 5) is 29.4. The van der Waals surface area contributed by atoms with Gasteiger partial charge in [-0.3, -0.25) is 14.6 Å². The normalized spacial score (nSPS) is 11.2. The summed E-state index contributed by atoms with van der Waals surface area (Å²) in [5, 5.41) is 10.5. The molecule has 0 atom stereocenters. The second kappa shape index (κ2) is 12.4. The summed E-state index contributed by atoms with van der Waals surface area (Å²) in [6.45, 7) is 8.55. The van der Waals surface area contributed by atoms with Crippen molar-refractivity contribution >= 4 is 11.6 Å². The van der Waals surface area contributed by atoms with E-state index in [1.165, 1.54) is 0 Å². The largest absolute Gasteiger partial charge is 0.507 e. The molecule has 37 heavy (non-hydrogen) atoms. The number of methoxy groups -OCH3 is 1. The lowest BCUT2D eigenvalue weighted by Crippen LogP contribution is -2.13. The highest BCUT2D eigenvalue weighted by Gasteiger charge is 2.21. The van der Waals surface area contributed by atoms with Crippen LogP contribution in [-0.2, 0) is 0 Å². The minimum Gasteiger partial charge on any atom is -0.507 e. The van der Waals surface area contributed by atoms with Crippen LogP contribution in [0.3, 0.4) is 0 Å². The molecule has 1 heterocycles. The first-order valence-corrected chi connectivity index (χ1v) is 12.4. The number of phenolic OH excluding ortho intramolecular Hbond substituents is 1.